The van der Waals surface area contributed by atoms with Gasteiger partial charge in [0.05, 0.1) is 5.56 Å². The van der Waals surface area contributed by atoms with Crippen LogP contribution in [0.4, 0.5) is 5.95 Å². The highest BCUT2D eigenvalue weighted by molar-refractivity contribution is 5.93. The third kappa shape index (κ3) is 5.14. The summed E-state index contributed by atoms with van der Waals surface area (Å²) in [5, 5.41) is 2.89. The number of carbonyl (C=O) groups excluding carboxylic acids is 1. The molecule has 3 aromatic rings. The summed E-state index contributed by atoms with van der Waals surface area (Å²) >= 11 is 0. The zero-order valence-corrected chi connectivity index (χ0v) is 15.7. The SMILES string of the molecule is CC(C)N(Cc1ccccc1)c1ncc(C(=O)NCc2ccccc2)cn1. The van der Waals surface area contributed by atoms with Gasteiger partial charge in [0.2, 0.25) is 5.95 Å². The average molecular weight is 360 g/mol. The minimum Gasteiger partial charge on any atom is -0.348 e. The van der Waals surface area contributed by atoms with Gasteiger partial charge in [-0.1, -0.05) is 60.7 Å². The van der Waals surface area contributed by atoms with E-state index >= 15 is 0 Å². The summed E-state index contributed by atoms with van der Waals surface area (Å²) in [6.45, 7) is 5.41. The molecular weight excluding hydrogens is 336 g/mol. The number of benzene rings is 2. The standard InChI is InChI=1S/C22H24N4O/c1-17(2)26(16-19-11-7-4-8-12-19)22-24-14-20(15-25-22)21(27)23-13-18-9-5-3-6-10-18/h3-12,14-15,17H,13,16H2,1-2H3,(H,23,27). The van der Waals surface area contributed by atoms with Crippen molar-refractivity contribution in [2.75, 3.05) is 4.90 Å². The van der Waals surface area contributed by atoms with Crippen molar-refractivity contribution in [1.82, 2.24) is 15.3 Å². The van der Waals surface area contributed by atoms with Crippen LogP contribution in [0, 0.1) is 0 Å². The molecule has 0 bridgehead atoms. The van der Waals surface area contributed by atoms with Gasteiger partial charge in [0, 0.05) is 31.5 Å². The predicted octanol–water partition coefficient (Wildman–Crippen LogP) is 3.82. The zero-order chi connectivity index (χ0) is 19.1. The van der Waals surface area contributed by atoms with Crippen molar-refractivity contribution in [3.05, 3.63) is 89.7 Å². The molecule has 0 radical (unpaired) electrons. The number of carbonyl (C=O) groups is 1. The van der Waals surface area contributed by atoms with Crippen molar-refractivity contribution in [1.29, 1.82) is 0 Å². The Hall–Kier alpha value is -3.21. The molecule has 0 unspecified atom stereocenters. The molecule has 1 aromatic heterocycles. The lowest BCUT2D eigenvalue weighted by Gasteiger charge is -2.26. The molecule has 0 aliphatic carbocycles. The molecule has 0 saturated heterocycles. The fourth-order valence-corrected chi connectivity index (χ4v) is 2.73. The second-order valence-corrected chi connectivity index (χ2v) is 6.65. The molecule has 0 atom stereocenters. The molecular formula is C22H24N4O. The van der Waals surface area contributed by atoms with Crippen molar-refractivity contribution in [2.24, 2.45) is 0 Å². The van der Waals surface area contributed by atoms with Crippen LogP contribution in [-0.4, -0.2) is 21.9 Å². The average Bonchev–Trinajstić information content (AvgIpc) is 2.72. The number of aromatic nitrogens is 2. The molecule has 0 aliphatic rings. The summed E-state index contributed by atoms with van der Waals surface area (Å²) in [6.07, 6.45) is 3.17. The lowest BCUT2D eigenvalue weighted by Crippen LogP contribution is -2.32. The van der Waals surface area contributed by atoms with Gasteiger partial charge in [-0.3, -0.25) is 4.79 Å². The first kappa shape index (κ1) is 18.6. The van der Waals surface area contributed by atoms with Crippen molar-refractivity contribution in [2.45, 2.75) is 33.0 Å². The Kier molecular flexibility index (Phi) is 6.15. The predicted molar refractivity (Wildman–Crippen MR) is 107 cm³/mol. The third-order valence-electron chi connectivity index (χ3n) is 4.27. The number of anilines is 1. The quantitative estimate of drug-likeness (QED) is 0.696. The van der Waals surface area contributed by atoms with Crippen LogP contribution in [0.1, 0.15) is 35.3 Å². The molecule has 27 heavy (non-hydrogen) atoms. The fraction of sp³-hybridized carbons (Fsp3) is 0.227. The number of amides is 1. The Labute approximate surface area is 160 Å². The van der Waals surface area contributed by atoms with Crippen molar-refractivity contribution in [3.63, 3.8) is 0 Å². The summed E-state index contributed by atoms with van der Waals surface area (Å²) in [5.74, 6) is 0.443. The molecule has 3 rings (SSSR count). The van der Waals surface area contributed by atoms with E-state index in [0.29, 0.717) is 18.1 Å². The van der Waals surface area contributed by atoms with Crippen LogP contribution in [0.2, 0.25) is 0 Å². The molecule has 0 aliphatic heterocycles. The molecule has 0 fully saturated rings. The number of hydrogen-bond acceptors (Lipinski definition) is 4. The van der Waals surface area contributed by atoms with Crippen LogP contribution < -0.4 is 10.2 Å². The number of rotatable bonds is 7. The Morgan fingerprint density at radius 1 is 0.926 bits per heavy atom. The van der Waals surface area contributed by atoms with Gasteiger partial charge in [0.1, 0.15) is 0 Å². The summed E-state index contributed by atoms with van der Waals surface area (Å²) in [5.41, 5.74) is 2.70. The zero-order valence-electron chi connectivity index (χ0n) is 15.7. The molecule has 5 heteroatoms. The molecule has 138 valence electrons. The van der Waals surface area contributed by atoms with Crippen molar-refractivity contribution < 1.29 is 4.79 Å². The van der Waals surface area contributed by atoms with Gasteiger partial charge < -0.3 is 10.2 Å². The lowest BCUT2D eigenvalue weighted by atomic mass is 10.2. The van der Waals surface area contributed by atoms with E-state index in [0.717, 1.165) is 12.1 Å². The first-order chi connectivity index (χ1) is 13.1. The van der Waals surface area contributed by atoms with Gasteiger partial charge in [0.25, 0.3) is 5.91 Å². The van der Waals surface area contributed by atoms with Gasteiger partial charge in [-0.15, -0.1) is 0 Å². The van der Waals surface area contributed by atoms with Crippen LogP contribution in [0.5, 0.6) is 0 Å². The van der Waals surface area contributed by atoms with E-state index in [1.165, 1.54) is 5.56 Å². The monoisotopic (exact) mass is 360 g/mol. The first-order valence-corrected chi connectivity index (χ1v) is 9.08. The molecule has 1 heterocycles. The van der Waals surface area contributed by atoms with E-state index in [9.17, 15) is 4.79 Å². The number of nitrogens with one attached hydrogen (secondary N) is 1. The summed E-state index contributed by atoms with van der Waals surface area (Å²) < 4.78 is 0. The van der Waals surface area contributed by atoms with Crippen molar-refractivity contribution in [3.8, 4) is 0 Å². The highest BCUT2D eigenvalue weighted by Gasteiger charge is 2.15. The second-order valence-electron chi connectivity index (χ2n) is 6.65. The third-order valence-corrected chi connectivity index (χ3v) is 4.27. The van der Waals surface area contributed by atoms with E-state index in [-0.39, 0.29) is 11.9 Å². The highest BCUT2D eigenvalue weighted by atomic mass is 16.1. The Balaban J connectivity index is 1.66. The molecule has 0 saturated carbocycles. The van der Waals surface area contributed by atoms with Crippen LogP contribution in [0.15, 0.2) is 73.1 Å². The van der Waals surface area contributed by atoms with Crippen LogP contribution >= 0.6 is 0 Å². The van der Waals surface area contributed by atoms with Crippen LogP contribution in [0.3, 0.4) is 0 Å². The molecule has 1 amide bonds. The molecule has 2 aromatic carbocycles. The normalized spacial score (nSPS) is 10.6. The maximum absolute atomic E-state index is 12.3. The molecule has 1 N–H and O–H groups in total. The van der Waals surface area contributed by atoms with E-state index < -0.39 is 0 Å². The van der Waals surface area contributed by atoms with E-state index in [1.807, 2.05) is 48.5 Å². The van der Waals surface area contributed by atoms with Gasteiger partial charge in [0.15, 0.2) is 0 Å². The largest absolute Gasteiger partial charge is 0.348 e. The second kappa shape index (κ2) is 8.94. The van der Waals surface area contributed by atoms with Crippen LogP contribution in [-0.2, 0) is 13.1 Å². The minimum atomic E-state index is -0.176. The van der Waals surface area contributed by atoms with E-state index in [1.54, 1.807) is 12.4 Å². The maximum atomic E-state index is 12.3. The minimum absolute atomic E-state index is 0.176. The maximum Gasteiger partial charge on any atom is 0.254 e. The Bertz CT molecular complexity index is 849. The summed E-state index contributed by atoms with van der Waals surface area (Å²) in [7, 11) is 0. The fourth-order valence-electron chi connectivity index (χ4n) is 2.73. The van der Waals surface area contributed by atoms with Gasteiger partial charge in [-0.25, -0.2) is 9.97 Å². The Morgan fingerprint density at radius 3 is 2.04 bits per heavy atom. The Morgan fingerprint density at radius 2 is 1.48 bits per heavy atom. The molecule has 0 spiro atoms. The lowest BCUT2D eigenvalue weighted by molar-refractivity contribution is 0.0950. The summed E-state index contributed by atoms with van der Waals surface area (Å²) in [6, 6.07) is 20.3. The molecule has 5 nitrogen and oxygen atoms in total. The van der Waals surface area contributed by atoms with Gasteiger partial charge in [-0.05, 0) is 25.0 Å². The smallest absolute Gasteiger partial charge is 0.254 e. The van der Waals surface area contributed by atoms with Crippen molar-refractivity contribution >= 4 is 11.9 Å². The highest BCUT2D eigenvalue weighted by Crippen LogP contribution is 2.15. The van der Waals surface area contributed by atoms with E-state index in [4.69, 9.17) is 0 Å². The van der Waals surface area contributed by atoms with Gasteiger partial charge in [-0.2, -0.15) is 0 Å². The number of nitrogens with zero attached hydrogens (tertiary/aromatic N) is 3. The summed E-state index contributed by atoms with van der Waals surface area (Å²) in [4.78, 5) is 23.3. The first-order valence-electron chi connectivity index (χ1n) is 9.08. The van der Waals surface area contributed by atoms with E-state index in [2.05, 4.69) is 46.2 Å². The topological polar surface area (TPSA) is 58.1 Å². The number of hydrogen-bond donors (Lipinski definition) is 1. The van der Waals surface area contributed by atoms with Crippen LogP contribution in [0.25, 0.3) is 0 Å². The van der Waals surface area contributed by atoms with Gasteiger partial charge >= 0.3 is 0 Å².